The van der Waals surface area contributed by atoms with Gasteiger partial charge in [0.1, 0.15) is 0 Å². The van der Waals surface area contributed by atoms with Crippen molar-refractivity contribution in [1.29, 1.82) is 0 Å². The van der Waals surface area contributed by atoms with Crippen molar-refractivity contribution < 1.29 is 14.5 Å². The Bertz CT molecular complexity index is 628. The largest absolute Gasteiger partial charge is 0.490 e. The molecule has 0 aromatic heterocycles. The van der Waals surface area contributed by atoms with E-state index in [0.717, 1.165) is 25.3 Å². The van der Waals surface area contributed by atoms with Crippen LogP contribution in [0, 0.1) is 16.0 Å². The van der Waals surface area contributed by atoms with E-state index in [1.807, 2.05) is 4.90 Å². The van der Waals surface area contributed by atoms with Crippen LogP contribution in [0.4, 0.5) is 5.69 Å². The van der Waals surface area contributed by atoms with E-state index >= 15 is 0 Å². The molecular weight excluding hydrogens is 346 g/mol. The Hall–Kier alpha value is -1.86. The van der Waals surface area contributed by atoms with Gasteiger partial charge in [-0.15, -0.1) is 12.4 Å². The van der Waals surface area contributed by atoms with Crippen LogP contribution < -0.4 is 10.1 Å². The van der Waals surface area contributed by atoms with Crippen molar-refractivity contribution >= 4 is 24.0 Å². The SMILES string of the molecule is COc1cc(C(=O)N2CCC(NCC3CC3)CC2)ccc1[N+](=O)[O-].Cl. The third-order valence-electron chi connectivity index (χ3n) is 4.80. The van der Waals surface area contributed by atoms with E-state index in [1.54, 1.807) is 0 Å². The molecule has 1 saturated heterocycles. The van der Waals surface area contributed by atoms with E-state index in [-0.39, 0.29) is 29.8 Å². The Morgan fingerprint density at radius 1 is 1.32 bits per heavy atom. The van der Waals surface area contributed by atoms with Gasteiger partial charge in [0.05, 0.1) is 12.0 Å². The summed E-state index contributed by atoms with van der Waals surface area (Å²) < 4.78 is 5.04. The fraction of sp³-hybridized carbons (Fsp3) is 0.588. The second-order valence-corrected chi connectivity index (χ2v) is 6.56. The van der Waals surface area contributed by atoms with E-state index in [4.69, 9.17) is 4.74 Å². The minimum Gasteiger partial charge on any atom is -0.490 e. The molecule has 7 nitrogen and oxygen atoms in total. The van der Waals surface area contributed by atoms with Crippen LogP contribution >= 0.6 is 12.4 Å². The zero-order valence-corrected chi connectivity index (χ0v) is 15.1. The molecule has 1 aromatic carbocycles. The van der Waals surface area contributed by atoms with Crippen LogP contribution in [-0.2, 0) is 0 Å². The van der Waals surface area contributed by atoms with Crippen molar-refractivity contribution in [3.8, 4) is 5.75 Å². The van der Waals surface area contributed by atoms with Gasteiger partial charge in [-0.1, -0.05) is 0 Å². The molecule has 1 N–H and O–H groups in total. The molecule has 1 aromatic rings. The first-order valence-electron chi connectivity index (χ1n) is 8.43. The molecule has 0 unspecified atom stereocenters. The van der Waals surface area contributed by atoms with E-state index in [0.29, 0.717) is 24.7 Å². The number of nitrogens with zero attached hydrogens (tertiary/aromatic N) is 2. The average molecular weight is 370 g/mol. The first-order valence-corrected chi connectivity index (χ1v) is 8.43. The number of hydrogen-bond acceptors (Lipinski definition) is 5. The van der Waals surface area contributed by atoms with Gasteiger partial charge in [0, 0.05) is 36.8 Å². The number of benzene rings is 1. The van der Waals surface area contributed by atoms with Crippen molar-refractivity contribution in [2.24, 2.45) is 5.92 Å². The van der Waals surface area contributed by atoms with Crippen molar-refractivity contribution in [3.05, 3.63) is 33.9 Å². The first kappa shape index (κ1) is 19.5. The molecule has 2 aliphatic rings. The normalized spacial score (nSPS) is 17.7. The summed E-state index contributed by atoms with van der Waals surface area (Å²) in [5.74, 6) is 0.882. The van der Waals surface area contributed by atoms with Gasteiger partial charge in [-0.25, -0.2) is 0 Å². The zero-order chi connectivity index (χ0) is 17.1. The number of methoxy groups -OCH3 is 1. The van der Waals surface area contributed by atoms with Crippen molar-refractivity contribution in [2.45, 2.75) is 31.7 Å². The number of halogens is 1. The van der Waals surface area contributed by atoms with Crippen LogP contribution in [0.1, 0.15) is 36.0 Å². The third-order valence-corrected chi connectivity index (χ3v) is 4.80. The Morgan fingerprint density at radius 2 is 2.00 bits per heavy atom. The lowest BCUT2D eigenvalue weighted by Gasteiger charge is -2.32. The van der Waals surface area contributed by atoms with Gasteiger partial charge < -0.3 is 15.0 Å². The lowest BCUT2D eigenvalue weighted by atomic mass is 10.0. The maximum absolute atomic E-state index is 12.6. The molecule has 25 heavy (non-hydrogen) atoms. The molecule has 0 bridgehead atoms. The maximum atomic E-state index is 12.6. The molecule has 1 aliphatic heterocycles. The molecule has 3 rings (SSSR count). The Labute approximate surface area is 153 Å². The highest BCUT2D eigenvalue weighted by molar-refractivity contribution is 5.95. The minimum absolute atomic E-state index is 0. The molecular formula is C17H24ClN3O4. The molecule has 1 aliphatic carbocycles. The molecule has 0 radical (unpaired) electrons. The zero-order valence-electron chi connectivity index (χ0n) is 14.3. The van der Waals surface area contributed by atoms with E-state index in [9.17, 15) is 14.9 Å². The molecule has 0 atom stereocenters. The number of hydrogen-bond donors (Lipinski definition) is 1. The second-order valence-electron chi connectivity index (χ2n) is 6.56. The number of amides is 1. The Kier molecular flexibility index (Phi) is 6.61. The fourth-order valence-electron chi connectivity index (χ4n) is 3.09. The lowest BCUT2D eigenvalue weighted by Crippen LogP contribution is -2.45. The van der Waals surface area contributed by atoms with Crippen molar-refractivity contribution in [1.82, 2.24) is 10.2 Å². The number of rotatable bonds is 6. The number of likely N-dealkylation sites (tertiary alicyclic amines) is 1. The molecule has 8 heteroatoms. The van der Waals surface area contributed by atoms with Crippen molar-refractivity contribution in [2.75, 3.05) is 26.7 Å². The van der Waals surface area contributed by atoms with Crippen LogP contribution in [0.2, 0.25) is 0 Å². The van der Waals surface area contributed by atoms with Crippen LogP contribution in [0.5, 0.6) is 5.75 Å². The van der Waals surface area contributed by atoms with Crippen molar-refractivity contribution in [3.63, 3.8) is 0 Å². The van der Waals surface area contributed by atoms with Crippen LogP contribution in [0.3, 0.4) is 0 Å². The summed E-state index contributed by atoms with van der Waals surface area (Å²) in [5, 5.41) is 14.5. The summed E-state index contributed by atoms with van der Waals surface area (Å²) in [6.07, 6.45) is 4.57. The second kappa shape index (κ2) is 8.49. The quantitative estimate of drug-likeness (QED) is 0.615. The Balaban J connectivity index is 0.00000225. The molecule has 1 saturated carbocycles. The minimum atomic E-state index is -0.510. The summed E-state index contributed by atoms with van der Waals surface area (Å²) in [5.41, 5.74) is 0.305. The number of carbonyl (C=O) groups is 1. The average Bonchev–Trinajstić information content (AvgIpc) is 3.43. The van der Waals surface area contributed by atoms with Gasteiger partial charge in [0.25, 0.3) is 5.91 Å². The number of nitro benzene ring substituents is 1. The first-order chi connectivity index (χ1) is 11.6. The lowest BCUT2D eigenvalue weighted by molar-refractivity contribution is -0.385. The Morgan fingerprint density at radius 3 is 2.56 bits per heavy atom. The predicted molar refractivity (Wildman–Crippen MR) is 96.5 cm³/mol. The summed E-state index contributed by atoms with van der Waals surface area (Å²) >= 11 is 0. The molecule has 2 fully saturated rings. The van der Waals surface area contributed by atoms with Gasteiger partial charge >= 0.3 is 5.69 Å². The van der Waals surface area contributed by atoms with Gasteiger partial charge in [0.2, 0.25) is 0 Å². The number of ether oxygens (including phenoxy) is 1. The smallest absolute Gasteiger partial charge is 0.310 e. The highest BCUT2D eigenvalue weighted by Crippen LogP contribution is 2.29. The number of nitro groups is 1. The van der Waals surface area contributed by atoms with Crippen LogP contribution in [0.25, 0.3) is 0 Å². The monoisotopic (exact) mass is 369 g/mol. The van der Waals surface area contributed by atoms with E-state index < -0.39 is 4.92 Å². The highest BCUT2D eigenvalue weighted by Gasteiger charge is 2.27. The molecule has 1 amide bonds. The molecule has 1 heterocycles. The number of nitrogens with one attached hydrogen (secondary N) is 1. The standard InChI is InChI=1S/C17H23N3O4.ClH/c1-24-16-10-13(4-5-15(16)20(22)23)17(21)19-8-6-14(7-9-19)18-11-12-2-3-12;/h4-5,10,12,14,18H,2-3,6-9,11H2,1H3;1H. The van der Waals surface area contributed by atoms with Gasteiger partial charge in [-0.3, -0.25) is 14.9 Å². The summed E-state index contributed by atoms with van der Waals surface area (Å²) in [6, 6.07) is 4.77. The predicted octanol–water partition coefficient (Wildman–Crippen LogP) is 2.63. The number of carbonyl (C=O) groups excluding carboxylic acids is 1. The summed E-state index contributed by atoms with van der Waals surface area (Å²) in [6.45, 7) is 2.51. The topological polar surface area (TPSA) is 84.7 Å². The van der Waals surface area contributed by atoms with E-state index in [2.05, 4.69) is 5.32 Å². The fourth-order valence-corrected chi connectivity index (χ4v) is 3.09. The third kappa shape index (κ3) is 4.83. The number of piperidine rings is 1. The maximum Gasteiger partial charge on any atom is 0.310 e. The summed E-state index contributed by atoms with van der Waals surface area (Å²) in [4.78, 5) is 24.9. The van der Waals surface area contributed by atoms with Crippen LogP contribution in [0.15, 0.2) is 18.2 Å². The summed E-state index contributed by atoms with van der Waals surface area (Å²) in [7, 11) is 1.37. The van der Waals surface area contributed by atoms with Gasteiger partial charge in [0.15, 0.2) is 5.75 Å². The highest BCUT2D eigenvalue weighted by atomic mass is 35.5. The molecule has 138 valence electrons. The van der Waals surface area contributed by atoms with Crippen LogP contribution in [-0.4, -0.2) is 48.5 Å². The van der Waals surface area contributed by atoms with E-state index in [1.165, 1.54) is 38.2 Å². The van der Waals surface area contributed by atoms with Gasteiger partial charge in [-0.05, 0) is 44.2 Å². The van der Waals surface area contributed by atoms with Gasteiger partial charge in [-0.2, -0.15) is 0 Å². The molecule has 0 spiro atoms.